The fourth-order valence-corrected chi connectivity index (χ4v) is 1.23. The third-order valence-electron chi connectivity index (χ3n) is 1.82. The van der Waals surface area contributed by atoms with E-state index in [4.69, 9.17) is 4.74 Å². The molecule has 0 spiro atoms. The van der Waals surface area contributed by atoms with E-state index in [0.29, 0.717) is 18.4 Å². The molecular weight excluding hydrogens is 214 g/mol. The topological polar surface area (TPSA) is 38.3 Å². The molecule has 0 aromatic rings. The summed E-state index contributed by atoms with van der Waals surface area (Å²) in [6.45, 7) is 12.7. The van der Waals surface area contributed by atoms with Crippen LogP contribution in [-0.4, -0.2) is 19.2 Å². The van der Waals surface area contributed by atoms with Gasteiger partial charge in [0.05, 0.1) is 6.54 Å². The lowest BCUT2D eigenvalue weighted by atomic mass is 10.1. The number of rotatable bonds is 5. The molecule has 0 aliphatic carbocycles. The van der Waals surface area contributed by atoms with Crippen molar-refractivity contribution in [2.45, 2.75) is 34.1 Å². The zero-order chi connectivity index (χ0) is 13.3. The first-order valence-corrected chi connectivity index (χ1v) is 5.97. The van der Waals surface area contributed by atoms with Gasteiger partial charge in [-0.3, -0.25) is 0 Å². The third kappa shape index (κ3) is 10.8. The van der Waals surface area contributed by atoms with Gasteiger partial charge < -0.3 is 10.1 Å². The fraction of sp³-hybridized carbons (Fsp3) is 0.643. The number of ether oxygens (including phenoxy) is 1. The molecule has 0 bridgehead atoms. The number of carbonyl (C=O) groups excluding carboxylic acids is 1. The summed E-state index contributed by atoms with van der Waals surface area (Å²) in [6, 6.07) is 0. The van der Waals surface area contributed by atoms with Gasteiger partial charge in [0.1, 0.15) is 6.61 Å². The van der Waals surface area contributed by atoms with Crippen LogP contribution in [0.3, 0.4) is 0 Å². The van der Waals surface area contributed by atoms with Crippen molar-refractivity contribution < 1.29 is 9.53 Å². The molecule has 0 aromatic heterocycles. The van der Waals surface area contributed by atoms with Crippen molar-refractivity contribution in [2.24, 2.45) is 11.8 Å². The number of carbonyl (C=O) groups is 1. The molecule has 1 N–H and O–H groups in total. The van der Waals surface area contributed by atoms with Crippen molar-refractivity contribution in [3.8, 4) is 11.8 Å². The lowest BCUT2D eigenvalue weighted by Gasteiger charge is -2.09. The van der Waals surface area contributed by atoms with E-state index in [1.54, 1.807) is 0 Å². The van der Waals surface area contributed by atoms with Crippen molar-refractivity contribution in [2.75, 3.05) is 13.2 Å². The maximum absolute atomic E-state index is 11.2. The summed E-state index contributed by atoms with van der Waals surface area (Å²) in [7, 11) is 0. The van der Waals surface area contributed by atoms with Gasteiger partial charge in [-0.25, -0.2) is 4.79 Å². The number of nitrogens with one attached hydrogen (secondary N) is 1. The maximum atomic E-state index is 11.2. The smallest absolute Gasteiger partial charge is 0.408 e. The van der Waals surface area contributed by atoms with Crippen LogP contribution in [0.25, 0.3) is 0 Å². The minimum atomic E-state index is -0.437. The molecule has 3 heteroatoms. The summed E-state index contributed by atoms with van der Waals surface area (Å²) < 4.78 is 4.99. The molecule has 1 amide bonds. The van der Waals surface area contributed by atoms with E-state index >= 15 is 0 Å². The normalized spacial score (nSPS) is 9.76. The van der Waals surface area contributed by atoms with Gasteiger partial charge in [0.15, 0.2) is 0 Å². The first-order valence-electron chi connectivity index (χ1n) is 5.97. The molecule has 0 heterocycles. The standard InChI is InChI=1S/C14H23NO2/c1-11(2)7-6-8-15-14(16)17-10-13(5)9-12(3)4/h11-12H,5,8-10H2,1-4H3,(H,15,16). The minimum Gasteiger partial charge on any atom is -0.445 e. The summed E-state index contributed by atoms with van der Waals surface area (Å²) >= 11 is 0. The molecule has 0 aliphatic rings. The summed E-state index contributed by atoms with van der Waals surface area (Å²) in [5.74, 6) is 6.66. The Bertz CT molecular complexity index is 308. The van der Waals surface area contributed by atoms with Gasteiger partial charge in [-0.05, 0) is 17.9 Å². The molecule has 0 unspecified atom stereocenters. The fourth-order valence-electron chi connectivity index (χ4n) is 1.23. The van der Waals surface area contributed by atoms with Gasteiger partial charge >= 0.3 is 6.09 Å². The highest BCUT2D eigenvalue weighted by atomic mass is 16.5. The Labute approximate surface area is 105 Å². The molecule has 3 nitrogen and oxygen atoms in total. The number of amides is 1. The van der Waals surface area contributed by atoms with Crippen molar-refractivity contribution in [1.29, 1.82) is 0 Å². The highest BCUT2D eigenvalue weighted by molar-refractivity contribution is 5.67. The van der Waals surface area contributed by atoms with Crippen LogP contribution >= 0.6 is 0 Å². The number of alkyl carbamates (subject to hydrolysis) is 1. The third-order valence-corrected chi connectivity index (χ3v) is 1.82. The molecule has 0 fully saturated rings. The molecule has 17 heavy (non-hydrogen) atoms. The second kappa shape index (κ2) is 8.69. The maximum Gasteiger partial charge on any atom is 0.408 e. The number of hydrogen-bond donors (Lipinski definition) is 1. The van der Waals surface area contributed by atoms with Gasteiger partial charge in [0, 0.05) is 5.92 Å². The van der Waals surface area contributed by atoms with Gasteiger partial charge in [-0.15, -0.1) is 0 Å². The molecule has 0 aromatic carbocycles. The highest BCUT2D eigenvalue weighted by Crippen LogP contribution is 2.08. The Balaban J connectivity index is 3.68. The van der Waals surface area contributed by atoms with Crippen molar-refractivity contribution >= 4 is 6.09 Å². The zero-order valence-electron chi connectivity index (χ0n) is 11.3. The molecule has 0 radical (unpaired) electrons. The average Bonchev–Trinajstić information content (AvgIpc) is 2.20. The molecule has 0 saturated carbocycles. The molecular formula is C14H23NO2. The van der Waals surface area contributed by atoms with Crippen molar-refractivity contribution in [1.82, 2.24) is 5.32 Å². The monoisotopic (exact) mass is 237 g/mol. The summed E-state index contributed by atoms with van der Waals surface area (Å²) in [6.07, 6.45) is 0.438. The Morgan fingerprint density at radius 1 is 1.35 bits per heavy atom. The van der Waals surface area contributed by atoms with E-state index < -0.39 is 6.09 Å². The van der Waals surface area contributed by atoms with E-state index in [2.05, 4.69) is 37.6 Å². The van der Waals surface area contributed by atoms with E-state index in [-0.39, 0.29) is 6.61 Å². The van der Waals surface area contributed by atoms with Crippen LogP contribution in [0.15, 0.2) is 12.2 Å². The van der Waals surface area contributed by atoms with Crippen molar-refractivity contribution in [3.05, 3.63) is 12.2 Å². The van der Waals surface area contributed by atoms with Gasteiger partial charge in [0.25, 0.3) is 0 Å². The molecule has 0 aliphatic heterocycles. The average molecular weight is 237 g/mol. The van der Waals surface area contributed by atoms with Gasteiger partial charge in [0.2, 0.25) is 0 Å². The molecule has 0 atom stereocenters. The molecule has 96 valence electrons. The quantitative estimate of drug-likeness (QED) is 0.589. The molecule has 0 saturated heterocycles. The van der Waals surface area contributed by atoms with Crippen LogP contribution in [0.4, 0.5) is 4.79 Å². The Hall–Kier alpha value is -1.43. The predicted octanol–water partition coefficient (Wildman–Crippen LogP) is 2.97. The van der Waals surface area contributed by atoms with Crippen LogP contribution in [-0.2, 0) is 4.74 Å². The largest absolute Gasteiger partial charge is 0.445 e. The van der Waals surface area contributed by atoms with Gasteiger partial charge in [-0.1, -0.05) is 46.1 Å². The Kier molecular flexibility index (Phi) is 7.96. The first-order chi connectivity index (χ1) is 7.91. The SMILES string of the molecule is C=C(COC(=O)NCC#CC(C)C)CC(C)C. The Morgan fingerprint density at radius 2 is 2.00 bits per heavy atom. The summed E-state index contributed by atoms with van der Waals surface area (Å²) in [5, 5.41) is 2.57. The van der Waals surface area contributed by atoms with E-state index in [1.807, 2.05) is 13.8 Å². The van der Waals surface area contributed by atoms with E-state index in [1.165, 1.54) is 0 Å². The van der Waals surface area contributed by atoms with E-state index in [0.717, 1.165) is 12.0 Å². The van der Waals surface area contributed by atoms with Crippen LogP contribution in [0.5, 0.6) is 0 Å². The number of hydrogen-bond acceptors (Lipinski definition) is 2. The van der Waals surface area contributed by atoms with Crippen LogP contribution in [0.2, 0.25) is 0 Å². The van der Waals surface area contributed by atoms with Crippen molar-refractivity contribution in [3.63, 3.8) is 0 Å². The van der Waals surface area contributed by atoms with Gasteiger partial charge in [-0.2, -0.15) is 0 Å². The summed E-state index contributed by atoms with van der Waals surface area (Å²) in [4.78, 5) is 11.2. The first kappa shape index (κ1) is 15.6. The predicted molar refractivity (Wildman–Crippen MR) is 70.6 cm³/mol. The minimum absolute atomic E-state index is 0.279. The zero-order valence-corrected chi connectivity index (χ0v) is 11.3. The van der Waals surface area contributed by atoms with Crippen LogP contribution in [0.1, 0.15) is 34.1 Å². The van der Waals surface area contributed by atoms with E-state index in [9.17, 15) is 4.79 Å². The van der Waals surface area contributed by atoms with Crippen LogP contribution in [0, 0.1) is 23.7 Å². The molecule has 0 rings (SSSR count). The van der Waals surface area contributed by atoms with Crippen LogP contribution < -0.4 is 5.32 Å². The second-order valence-corrected chi connectivity index (χ2v) is 4.75. The highest BCUT2D eigenvalue weighted by Gasteiger charge is 2.03. The lowest BCUT2D eigenvalue weighted by Crippen LogP contribution is -2.25. The lowest BCUT2D eigenvalue weighted by molar-refractivity contribution is 0.156. The Morgan fingerprint density at radius 3 is 2.53 bits per heavy atom. The summed E-state index contributed by atoms with van der Waals surface area (Å²) in [5.41, 5.74) is 0.934. The second-order valence-electron chi connectivity index (χ2n) is 4.75.